The number of hydrogen-bond acceptors (Lipinski definition) is 5. The Morgan fingerprint density at radius 1 is 1.18 bits per heavy atom. The molecule has 7 nitrogen and oxygen atoms in total. The van der Waals surface area contributed by atoms with E-state index in [-0.39, 0.29) is 12.3 Å². The normalized spacial score (nSPS) is 10.9. The lowest BCUT2D eigenvalue weighted by atomic mass is 10.1. The molecule has 0 saturated heterocycles. The summed E-state index contributed by atoms with van der Waals surface area (Å²) >= 11 is 9.69. The van der Waals surface area contributed by atoms with Crippen molar-refractivity contribution in [1.82, 2.24) is 14.9 Å². The van der Waals surface area contributed by atoms with E-state index >= 15 is 0 Å². The van der Waals surface area contributed by atoms with Crippen LogP contribution in [0.25, 0.3) is 0 Å². The van der Waals surface area contributed by atoms with E-state index in [9.17, 15) is 4.79 Å². The van der Waals surface area contributed by atoms with Gasteiger partial charge < -0.3 is 14.6 Å². The molecule has 1 N–H and O–H groups in total. The average molecular weight is 530 g/mol. The number of carbonyl (C=O) groups is 1. The summed E-state index contributed by atoms with van der Waals surface area (Å²) in [4.78, 5) is 13.0. The molecule has 0 unspecified atom stereocenters. The summed E-state index contributed by atoms with van der Waals surface area (Å²) in [6.45, 7) is 6.43. The van der Waals surface area contributed by atoms with Gasteiger partial charge in [-0.2, -0.15) is 5.10 Å². The molecular formula is C24H22BrClN4O3. The van der Waals surface area contributed by atoms with Gasteiger partial charge in [0.25, 0.3) is 5.91 Å². The Hall–Kier alpha value is -3.10. The molecule has 0 fully saturated rings. The van der Waals surface area contributed by atoms with Crippen molar-refractivity contribution in [2.45, 2.75) is 33.9 Å². The smallest absolute Gasteiger partial charge is 0.279 e. The fourth-order valence-corrected chi connectivity index (χ4v) is 3.84. The number of rotatable bonds is 7. The number of amides is 1. The summed E-state index contributed by atoms with van der Waals surface area (Å²) in [5.41, 5.74) is 3.97. The zero-order valence-electron chi connectivity index (χ0n) is 18.4. The molecule has 33 heavy (non-hydrogen) atoms. The van der Waals surface area contributed by atoms with Crippen molar-refractivity contribution < 1.29 is 14.1 Å². The van der Waals surface area contributed by atoms with E-state index in [0.29, 0.717) is 38.9 Å². The Balaban J connectivity index is 1.47. The highest BCUT2D eigenvalue weighted by molar-refractivity contribution is 9.10. The first kappa shape index (κ1) is 23.1. The zero-order chi connectivity index (χ0) is 23.5. The summed E-state index contributed by atoms with van der Waals surface area (Å²) in [6, 6.07) is 13.4. The number of aryl methyl sites for hydroxylation is 3. The maximum atomic E-state index is 13.0. The predicted octanol–water partition coefficient (Wildman–Crippen LogP) is 6.09. The van der Waals surface area contributed by atoms with Gasteiger partial charge in [0.1, 0.15) is 18.1 Å². The summed E-state index contributed by atoms with van der Waals surface area (Å²) in [5.74, 6) is 1.17. The molecule has 0 atom stereocenters. The van der Waals surface area contributed by atoms with Crippen LogP contribution in [0.4, 0.5) is 5.82 Å². The minimum Gasteiger partial charge on any atom is -0.489 e. The highest BCUT2D eigenvalue weighted by atomic mass is 79.9. The quantitative estimate of drug-likeness (QED) is 0.313. The molecule has 0 aliphatic heterocycles. The second-order valence-corrected chi connectivity index (χ2v) is 8.93. The number of aromatic nitrogens is 3. The molecular weight excluding hydrogens is 508 g/mol. The van der Waals surface area contributed by atoms with E-state index in [1.165, 1.54) is 5.56 Å². The van der Waals surface area contributed by atoms with E-state index in [1.54, 1.807) is 17.8 Å². The number of nitrogens with zero attached hydrogens (tertiary/aromatic N) is 3. The van der Waals surface area contributed by atoms with Crippen LogP contribution in [0.1, 0.15) is 38.5 Å². The largest absolute Gasteiger partial charge is 0.489 e. The molecule has 4 aromatic rings. The van der Waals surface area contributed by atoms with Crippen LogP contribution < -0.4 is 10.1 Å². The first-order chi connectivity index (χ1) is 15.8. The number of hydrogen-bond donors (Lipinski definition) is 1. The van der Waals surface area contributed by atoms with E-state index in [1.807, 2.05) is 56.3 Å². The summed E-state index contributed by atoms with van der Waals surface area (Å²) in [7, 11) is 0. The van der Waals surface area contributed by atoms with E-state index in [4.69, 9.17) is 20.9 Å². The summed E-state index contributed by atoms with van der Waals surface area (Å²) < 4.78 is 13.5. The van der Waals surface area contributed by atoms with Crippen LogP contribution in [0.3, 0.4) is 0 Å². The lowest BCUT2D eigenvalue weighted by molar-refractivity contribution is 0.101. The van der Waals surface area contributed by atoms with Gasteiger partial charge in [-0.1, -0.05) is 41.0 Å². The number of anilines is 1. The summed E-state index contributed by atoms with van der Waals surface area (Å²) in [6.07, 6.45) is 1.77. The number of carbonyl (C=O) groups excluding carboxylic acids is 1. The number of benzene rings is 2. The molecule has 2 heterocycles. The van der Waals surface area contributed by atoms with Gasteiger partial charge in [-0.25, -0.2) is 0 Å². The third kappa shape index (κ3) is 5.29. The molecule has 0 radical (unpaired) electrons. The molecule has 1 amide bonds. The molecule has 9 heteroatoms. The van der Waals surface area contributed by atoms with Crippen LogP contribution in [0.15, 0.2) is 57.7 Å². The third-order valence-electron chi connectivity index (χ3n) is 5.30. The minimum atomic E-state index is -0.436. The highest BCUT2D eigenvalue weighted by Gasteiger charge is 2.22. The standard InChI is InChI=1S/C24H22BrClN4O3/c1-14-8-9-18(10-15(14)2)32-13-19-16(3)33-29-22(19)24(31)27-23-20(25)12-30(28-23)11-17-6-4-5-7-21(17)26/h4-10,12H,11,13H2,1-3H3,(H,27,28,31). The number of ether oxygens (including phenoxy) is 1. The van der Waals surface area contributed by atoms with Gasteiger partial charge in [0.05, 0.1) is 16.6 Å². The minimum absolute atomic E-state index is 0.155. The summed E-state index contributed by atoms with van der Waals surface area (Å²) in [5, 5.41) is 11.8. The first-order valence-corrected chi connectivity index (χ1v) is 11.4. The Bertz CT molecular complexity index is 1320. The van der Waals surface area contributed by atoms with Crippen LogP contribution in [-0.4, -0.2) is 20.8 Å². The third-order valence-corrected chi connectivity index (χ3v) is 6.25. The van der Waals surface area contributed by atoms with Crippen molar-refractivity contribution >= 4 is 39.3 Å². The number of halogens is 2. The van der Waals surface area contributed by atoms with Gasteiger partial charge in [0, 0.05) is 11.2 Å². The monoisotopic (exact) mass is 528 g/mol. The maximum Gasteiger partial charge on any atom is 0.279 e. The fraction of sp³-hybridized carbons (Fsp3) is 0.208. The van der Waals surface area contributed by atoms with Crippen LogP contribution in [0.5, 0.6) is 5.75 Å². The number of nitrogens with one attached hydrogen (secondary N) is 1. The van der Waals surface area contributed by atoms with Gasteiger partial charge in [0.2, 0.25) is 0 Å². The average Bonchev–Trinajstić information content (AvgIpc) is 3.32. The Morgan fingerprint density at radius 3 is 2.73 bits per heavy atom. The highest BCUT2D eigenvalue weighted by Crippen LogP contribution is 2.25. The lowest BCUT2D eigenvalue weighted by Crippen LogP contribution is -2.16. The van der Waals surface area contributed by atoms with Gasteiger partial charge >= 0.3 is 0 Å². The van der Waals surface area contributed by atoms with Crippen molar-refractivity contribution in [3.05, 3.63) is 91.9 Å². The molecule has 4 rings (SSSR count). The van der Waals surface area contributed by atoms with E-state index in [0.717, 1.165) is 11.1 Å². The van der Waals surface area contributed by atoms with Crippen LogP contribution in [-0.2, 0) is 13.2 Å². The van der Waals surface area contributed by atoms with Crippen LogP contribution >= 0.6 is 27.5 Å². The molecule has 0 spiro atoms. The maximum absolute atomic E-state index is 13.0. The zero-order valence-corrected chi connectivity index (χ0v) is 20.7. The van der Waals surface area contributed by atoms with Crippen LogP contribution in [0, 0.1) is 20.8 Å². The van der Waals surface area contributed by atoms with Gasteiger partial charge in [0.15, 0.2) is 11.5 Å². The van der Waals surface area contributed by atoms with Gasteiger partial charge in [-0.3, -0.25) is 9.48 Å². The van der Waals surface area contributed by atoms with Crippen LogP contribution in [0.2, 0.25) is 5.02 Å². The topological polar surface area (TPSA) is 82.2 Å². The van der Waals surface area contributed by atoms with Gasteiger partial charge in [-0.15, -0.1) is 0 Å². The molecule has 0 saturated carbocycles. The molecule has 2 aromatic heterocycles. The first-order valence-electron chi connectivity index (χ1n) is 10.2. The predicted molar refractivity (Wildman–Crippen MR) is 130 cm³/mol. The Morgan fingerprint density at radius 2 is 1.97 bits per heavy atom. The van der Waals surface area contributed by atoms with E-state index in [2.05, 4.69) is 31.5 Å². The van der Waals surface area contributed by atoms with Crippen molar-refractivity contribution in [2.24, 2.45) is 0 Å². The molecule has 0 aliphatic carbocycles. The molecule has 2 aromatic carbocycles. The molecule has 170 valence electrons. The van der Waals surface area contributed by atoms with Crippen molar-refractivity contribution in [1.29, 1.82) is 0 Å². The second-order valence-electron chi connectivity index (χ2n) is 7.67. The lowest BCUT2D eigenvalue weighted by Gasteiger charge is -2.09. The van der Waals surface area contributed by atoms with Crippen molar-refractivity contribution in [3.8, 4) is 5.75 Å². The molecule has 0 bridgehead atoms. The van der Waals surface area contributed by atoms with Crippen molar-refractivity contribution in [3.63, 3.8) is 0 Å². The fourth-order valence-electron chi connectivity index (χ4n) is 3.23. The van der Waals surface area contributed by atoms with Crippen molar-refractivity contribution in [2.75, 3.05) is 5.32 Å². The van der Waals surface area contributed by atoms with Gasteiger partial charge in [-0.05, 0) is 71.6 Å². The second kappa shape index (κ2) is 9.80. The SMILES string of the molecule is Cc1ccc(OCc2c(C(=O)Nc3nn(Cc4ccccc4Cl)cc3Br)noc2C)cc1C. The Kier molecular flexibility index (Phi) is 6.85. The van der Waals surface area contributed by atoms with E-state index < -0.39 is 5.91 Å². The Labute approximate surface area is 204 Å². The molecule has 0 aliphatic rings.